The number of unbranched alkanes of at least 4 members (excludes halogenated alkanes) is 3. The van der Waals surface area contributed by atoms with Crippen LogP contribution in [0.3, 0.4) is 0 Å². The molecule has 16 heavy (non-hydrogen) atoms. The third kappa shape index (κ3) is 3.58. The van der Waals surface area contributed by atoms with Crippen molar-refractivity contribution in [2.75, 3.05) is 0 Å². The Morgan fingerprint density at radius 3 is 1.94 bits per heavy atom. The van der Waals surface area contributed by atoms with E-state index in [1.807, 2.05) is 0 Å². The predicted octanol–water partition coefficient (Wildman–Crippen LogP) is 3.70. The summed E-state index contributed by atoms with van der Waals surface area (Å²) in [5.74, 6) is -0.194. The van der Waals surface area contributed by atoms with Gasteiger partial charge in [-0.15, -0.1) is 0 Å². The molecule has 0 radical (unpaired) electrons. The first kappa shape index (κ1) is 15.1. The van der Waals surface area contributed by atoms with Crippen molar-refractivity contribution in [3.8, 4) is 0 Å². The Hall–Kier alpha value is -0.920. The van der Waals surface area contributed by atoms with Crippen molar-refractivity contribution in [2.45, 2.75) is 59.8 Å². The molecule has 0 aromatic heterocycles. The third-order valence-corrected chi connectivity index (χ3v) is 3.45. The van der Waals surface area contributed by atoms with E-state index in [0.29, 0.717) is 0 Å². The third-order valence-electron chi connectivity index (χ3n) is 3.45. The van der Waals surface area contributed by atoms with Crippen molar-refractivity contribution < 1.29 is 9.59 Å². The van der Waals surface area contributed by atoms with Crippen LogP contribution in [0, 0.1) is 5.41 Å². The zero-order valence-electron chi connectivity index (χ0n) is 11.1. The minimum atomic E-state index is -0.966. The quantitative estimate of drug-likeness (QED) is 0.358. The Balaban J connectivity index is 4.42. The van der Waals surface area contributed by atoms with Crippen LogP contribution < -0.4 is 0 Å². The zero-order valence-corrected chi connectivity index (χ0v) is 11.1. The maximum Gasteiger partial charge on any atom is 0.147 e. The van der Waals surface area contributed by atoms with Gasteiger partial charge in [0, 0.05) is 0 Å². The fraction of sp³-hybridized carbons (Fsp3) is 0.714. The first-order chi connectivity index (χ1) is 7.37. The number of hydrogen-bond acceptors (Lipinski definition) is 2. The smallest absolute Gasteiger partial charge is 0.147 e. The van der Waals surface area contributed by atoms with Gasteiger partial charge in [0.1, 0.15) is 17.0 Å². The van der Waals surface area contributed by atoms with E-state index in [-0.39, 0.29) is 11.6 Å². The van der Waals surface area contributed by atoms with Crippen molar-refractivity contribution in [2.24, 2.45) is 5.41 Å². The highest BCUT2D eigenvalue weighted by Gasteiger charge is 2.37. The lowest BCUT2D eigenvalue weighted by Gasteiger charge is -2.26. The SMILES string of the molecule is C=C(CCCCCC)C(C)(C(C)=O)C(C)=O. The van der Waals surface area contributed by atoms with Crippen LogP contribution in [0.5, 0.6) is 0 Å². The Kier molecular flexibility index (Phi) is 6.24. The monoisotopic (exact) mass is 224 g/mol. The molecule has 0 unspecified atom stereocenters. The largest absolute Gasteiger partial charge is 0.299 e. The second kappa shape index (κ2) is 6.62. The average Bonchev–Trinajstić information content (AvgIpc) is 2.22. The highest BCUT2D eigenvalue weighted by atomic mass is 16.2. The summed E-state index contributed by atoms with van der Waals surface area (Å²) in [5.41, 5.74) is -0.199. The van der Waals surface area contributed by atoms with Crippen LogP contribution >= 0.6 is 0 Å². The Labute approximate surface area is 99.1 Å². The van der Waals surface area contributed by atoms with Crippen LogP contribution in [0.1, 0.15) is 59.8 Å². The van der Waals surface area contributed by atoms with Crippen LogP contribution in [0.4, 0.5) is 0 Å². The molecule has 0 atom stereocenters. The maximum absolute atomic E-state index is 11.6. The summed E-state index contributed by atoms with van der Waals surface area (Å²) in [6, 6.07) is 0. The van der Waals surface area contributed by atoms with Crippen molar-refractivity contribution in [3.63, 3.8) is 0 Å². The lowest BCUT2D eigenvalue weighted by molar-refractivity contribution is -0.134. The fourth-order valence-corrected chi connectivity index (χ4v) is 1.76. The maximum atomic E-state index is 11.6. The summed E-state index contributed by atoms with van der Waals surface area (Å²) in [6.07, 6.45) is 5.31. The van der Waals surface area contributed by atoms with Gasteiger partial charge >= 0.3 is 0 Å². The highest BCUT2D eigenvalue weighted by molar-refractivity contribution is 6.07. The number of allylic oxidation sites excluding steroid dienone is 1. The van der Waals surface area contributed by atoms with E-state index < -0.39 is 5.41 Å². The summed E-state index contributed by atoms with van der Waals surface area (Å²) in [4.78, 5) is 23.1. The van der Waals surface area contributed by atoms with Gasteiger partial charge in [-0.25, -0.2) is 0 Å². The van der Waals surface area contributed by atoms with E-state index in [1.54, 1.807) is 6.92 Å². The van der Waals surface area contributed by atoms with Gasteiger partial charge in [-0.1, -0.05) is 38.3 Å². The molecular formula is C14H24O2. The van der Waals surface area contributed by atoms with Crippen molar-refractivity contribution in [3.05, 3.63) is 12.2 Å². The molecule has 0 fully saturated rings. The molecule has 0 amide bonds. The van der Waals surface area contributed by atoms with Gasteiger partial charge in [-0.2, -0.15) is 0 Å². The van der Waals surface area contributed by atoms with E-state index in [0.717, 1.165) is 24.8 Å². The summed E-state index contributed by atoms with van der Waals surface area (Å²) < 4.78 is 0. The van der Waals surface area contributed by atoms with Crippen LogP contribution in [-0.4, -0.2) is 11.6 Å². The normalized spacial score (nSPS) is 11.2. The number of Topliss-reactive ketones (excluding diaryl/α,β-unsaturated/α-hetero) is 2. The number of hydrogen-bond donors (Lipinski definition) is 0. The van der Waals surface area contributed by atoms with Gasteiger partial charge in [0.2, 0.25) is 0 Å². The van der Waals surface area contributed by atoms with E-state index in [2.05, 4.69) is 13.5 Å². The van der Waals surface area contributed by atoms with E-state index in [1.165, 1.54) is 26.7 Å². The van der Waals surface area contributed by atoms with Gasteiger partial charge < -0.3 is 0 Å². The molecule has 0 saturated carbocycles. The molecule has 92 valence electrons. The molecule has 0 N–H and O–H groups in total. The molecule has 0 aromatic rings. The molecule has 0 spiro atoms. The van der Waals surface area contributed by atoms with Crippen molar-refractivity contribution >= 4 is 11.6 Å². The molecule has 0 aromatic carbocycles. The molecule has 2 heteroatoms. The second-order valence-electron chi connectivity index (χ2n) is 4.65. The first-order valence-electron chi connectivity index (χ1n) is 6.07. The van der Waals surface area contributed by atoms with Crippen LogP contribution in [-0.2, 0) is 9.59 Å². The Bertz CT molecular complexity index is 262. The van der Waals surface area contributed by atoms with Crippen molar-refractivity contribution in [1.29, 1.82) is 0 Å². The van der Waals surface area contributed by atoms with E-state index in [4.69, 9.17) is 0 Å². The Morgan fingerprint density at radius 2 is 1.56 bits per heavy atom. The molecule has 0 aliphatic rings. The number of rotatable bonds is 8. The Morgan fingerprint density at radius 1 is 1.06 bits per heavy atom. The summed E-state index contributed by atoms with van der Waals surface area (Å²) in [7, 11) is 0. The number of ketones is 2. The lowest BCUT2D eigenvalue weighted by atomic mass is 9.74. The highest BCUT2D eigenvalue weighted by Crippen LogP contribution is 2.31. The summed E-state index contributed by atoms with van der Waals surface area (Å²) in [6.45, 7) is 10.7. The topological polar surface area (TPSA) is 34.1 Å². The molecule has 0 rings (SSSR count). The minimum Gasteiger partial charge on any atom is -0.299 e. The van der Waals surface area contributed by atoms with Gasteiger partial charge in [0.25, 0.3) is 0 Å². The number of carbonyl (C=O) groups is 2. The molecular weight excluding hydrogens is 200 g/mol. The molecule has 0 aliphatic heterocycles. The van der Waals surface area contributed by atoms with Crippen LogP contribution in [0.2, 0.25) is 0 Å². The van der Waals surface area contributed by atoms with Crippen LogP contribution in [0.25, 0.3) is 0 Å². The number of carbonyl (C=O) groups excluding carboxylic acids is 2. The summed E-state index contributed by atoms with van der Waals surface area (Å²) in [5, 5.41) is 0. The standard InChI is InChI=1S/C14H24O2/c1-6-7-8-9-10-11(2)14(5,12(3)15)13(4)16/h2,6-10H2,1,3-5H3. The predicted molar refractivity (Wildman–Crippen MR) is 67.4 cm³/mol. The second-order valence-corrected chi connectivity index (χ2v) is 4.65. The molecule has 0 aliphatic carbocycles. The fourth-order valence-electron chi connectivity index (χ4n) is 1.76. The van der Waals surface area contributed by atoms with Crippen molar-refractivity contribution in [1.82, 2.24) is 0 Å². The summed E-state index contributed by atoms with van der Waals surface area (Å²) >= 11 is 0. The van der Waals surface area contributed by atoms with E-state index >= 15 is 0 Å². The molecule has 0 heterocycles. The average molecular weight is 224 g/mol. The molecule has 0 saturated heterocycles. The van der Waals surface area contributed by atoms with E-state index in [9.17, 15) is 9.59 Å². The van der Waals surface area contributed by atoms with Gasteiger partial charge in [-0.3, -0.25) is 9.59 Å². The van der Waals surface area contributed by atoms with Gasteiger partial charge in [0.05, 0.1) is 0 Å². The zero-order chi connectivity index (χ0) is 12.8. The molecule has 0 bridgehead atoms. The molecule has 2 nitrogen and oxygen atoms in total. The lowest BCUT2D eigenvalue weighted by Crippen LogP contribution is -2.35. The van der Waals surface area contributed by atoms with Crippen LogP contribution in [0.15, 0.2) is 12.2 Å². The van der Waals surface area contributed by atoms with Gasteiger partial charge in [-0.05, 0) is 33.6 Å². The minimum absolute atomic E-state index is 0.0968. The first-order valence-corrected chi connectivity index (χ1v) is 6.07. The van der Waals surface area contributed by atoms with Gasteiger partial charge in [0.15, 0.2) is 0 Å².